The van der Waals surface area contributed by atoms with Crippen LogP contribution in [0.4, 0.5) is 5.69 Å². The van der Waals surface area contributed by atoms with E-state index in [-0.39, 0.29) is 23.8 Å². The van der Waals surface area contributed by atoms with Gasteiger partial charge in [-0.2, -0.15) is 0 Å². The summed E-state index contributed by atoms with van der Waals surface area (Å²) < 4.78 is 29.8. The smallest absolute Gasteiger partial charge is 0.264 e. The van der Waals surface area contributed by atoms with Crippen molar-refractivity contribution in [1.29, 1.82) is 0 Å². The highest BCUT2D eigenvalue weighted by Gasteiger charge is 2.34. The van der Waals surface area contributed by atoms with Crippen molar-refractivity contribution in [1.82, 2.24) is 10.2 Å². The third kappa shape index (κ3) is 8.63. The molecule has 11 heteroatoms. The Balaban J connectivity index is 1.80. The topological polar surface area (TPSA) is 86.8 Å². The van der Waals surface area contributed by atoms with E-state index in [0.717, 1.165) is 14.3 Å². The van der Waals surface area contributed by atoms with Crippen LogP contribution in [-0.4, -0.2) is 44.3 Å². The number of carbonyl (C=O) groups excluding carboxylic acids is 2. The van der Waals surface area contributed by atoms with Crippen LogP contribution < -0.4 is 9.62 Å². The average molecular weight is 718 g/mol. The third-order valence-corrected chi connectivity index (χ3v) is 9.80. The first kappa shape index (κ1) is 33.5. The van der Waals surface area contributed by atoms with Crippen molar-refractivity contribution in [2.75, 3.05) is 17.4 Å². The Morgan fingerprint density at radius 3 is 2.14 bits per heavy atom. The predicted octanol–water partition coefficient (Wildman–Crippen LogP) is 7.12. The zero-order valence-corrected chi connectivity index (χ0v) is 27.9. The maximum atomic E-state index is 14.4. The molecule has 0 bridgehead atoms. The first-order chi connectivity index (χ1) is 21.1. The van der Waals surface area contributed by atoms with Gasteiger partial charge in [-0.05, 0) is 66.1 Å². The summed E-state index contributed by atoms with van der Waals surface area (Å²) in [5.74, 6) is -0.929. The lowest BCUT2D eigenvalue weighted by Crippen LogP contribution is -2.53. The highest BCUT2D eigenvalue weighted by Crippen LogP contribution is 2.28. The average Bonchev–Trinajstić information content (AvgIpc) is 3.02. The van der Waals surface area contributed by atoms with Gasteiger partial charge in [-0.25, -0.2) is 8.42 Å². The molecule has 230 valence electrons. The number of nitrogens with one attached hydrogen (secondary N) is 1. The van der Waals surface area contributed by atoms with Gasteiger partial charge in [0.1, 0.15) is 12.6 Å². The molecule has 0 spiro atoms. The van der Waals surface area contributed by atoms with Gasteiger partial charge >= 0.3 is 0 Å². The van der Waals surface area contributed by atoms with Gasteiger partial charge in [0, 0.05) is 34.0 Å². The fraction of sp³-hybridized carbons (Fsp3) is 0.212. The maximum absolute atomic E-state index is 14.4. The Morgan fingerprint density at radius 1 is 0.886 bits per heavy atom. The van der Waals surface area contributed by atoms with Gasteiger partial charge in [-0.15, -0.1) is 0 Å². The summed E-state index contributed by atoms with van der Waals surface area (Å²) in [5.41, 5.74) is 1.70. The van der Waals surface area contributed by atoms with E-state index < -0.39 is 28.5 Å². The predicted molar refractivity (Wildman–Crippen MR) is 179 cm³/mol. The Kier molecular flexibility index (Phi) is 11.9. The Labute approximate surface area is 277 Å². The van der Waals surface area contributed by atoms with Gasteiger partial charge in [0.25, 0.3) is 10.0 Å². The fourth-order valence-electron chi connectivity index (χ4n) is 4.61. The first-order valence-electron chi connectivity index (χ1n) is 14.0. The zero-order valence-electron chi connectivity index (χ0n) is 24.0. The number of sulfonamides is 1. The van der Waals surface area contributed by atoms with Crippen molar-refractivity contribution < 1.29 is 18.0 Å². The summed E-state index contributed by atoms with van der Waals surface area (Å²) in [5, 5.41) is 3.67. The summed E-state index contributed by atoms with van der Waals surface area (Å²) in [4.78, 5) is 29.6. The normalized spacial score (nSPS) is 11.9. The summed E-state index contributed by atoms with van der Waals surface area (Å²) in [6.45, 7) is 1.75. The van der Waals surface area contributed by atoms with Gasteiger partial charge in [-0.1, -0.05) is 101 Å². The molecule has 0 aliphatic heterocycles. The van der Waals surface area contributed by atoms with E-state index in [4.69, 9.17) is 23.2 Å². The lowest BCUT2D eigenvalue weighted by molar-refractivity contribution is -0.140. The molecular weight excluding hydrogens is 685 g/mol. The van der Waals surface area contributed by atoms with Crippen molar-refractivity contribution in [3.8, 4) is 0 Å². The number of amides is 2. The Hall–Kier alpha value is -3.37. The van der Waals surface area contributed by atoms with E-state index in [0.29, 0.717) is 34.3 Å². The molecule has 1 N–H and O–H groups in total. The Morgan fingerprint density at radius 2 is 1.52 bits per heavy atom. The number of halogens is 3. The van der Waals surface area contributed by atoms with Crippen molar-refractivity contribution >= 4 is 66.7 Å². The quantitative estimate of drug-likeness (QED) is 0.160. The molecule has 0 aliphatic rings. The van der Waals surface area contributed by atoms with Crippen molar-refractivity contribution in [3.63, 3.8) is 0 Å². The molecule has 44 heavy (non-hydrogen) atoms. The van der Waals surface area contributed by atoms with E-state index in [9.17, 15) is 18.0 Å². The van der Waals surface area contributed by atoms with E-state index in [1.807, 2.05) is 37.3 Å². The largest absolute Gasteiger partial charge is 0.354 e. The molecule has 7 nitrogen and oxygen atoms in total. The molecule has 1 atom stereocenters. The summed E-state index contributed by atoms with van der Waals surface area (Å²) in [6.07, 6.45) is 0.907. The molecule has 4 aromatic carbocycles. The SMILES string of the molecule is CCCNC(=O)[C@@H](Cc1ccccc1)N(Cc1ccc(Cl)cc1Cl)C(=O)CN(c1ccc(Br)cc1)S(=O)(=O)c1ccccc1. The van der Waals surface area contributed by atoms with E-state index in [1.165, 1.54) is 17.0 Å². The van der Waals surface area contributed by atoms with Gasteiger partial charge in [0.2, 0.25) is 11.8 Å². The van der Waals surface area contributed by atoms with E-state index >= 15 is 0 Å². The van der Waals surface area contributed by atoms with Crippen LogP contribution in [0, 0.1) is 0 Å². The van der Waals surface area contributed by atoms with Crippen molar-refractivity contribution in [2.45, 2.75) is 37.2 Å². The van der Waals surface area contributed by atoms with E-state index in [2.05, 4.69) is 21.2 Å². The number of rotatable bonds is 13. The van der Waals surface area contributed by atoms with Gasteiger partial charge < -0.3 is 10.2 Å². The molecule has 0 fully saturated rings. The van der Waals surface area contributed by atoms with Crippen LogP contribution in [0.3, 0.4) is 0 Å². The van der Waals surface area contributed by atoms with Gasteiger partial charge in [0.15, 0.2) is 0 Å². The molecule has 0 aromatic heterocycles. The summed E-state index contributed by atoms with van der Waals surface area (Å²) >= 11 is 16.1. The van der Waals surface area contributed by atoms with Gasteiger partial charge in [-0.3, -0.25) is 13.9 Å². The number of hydrogen-bond donors (Lipinski definition) is 1. The summed E-state index contributed by atoms with van der Waals surface area (Å²) in [6, 6.07) is 27.9. The van der Waals surface area contributed by atoms with E-state index in [1.54, 1.807) is 60.7 Å². The first-order valence-corrected chi connectivity index (χ1v) is 17.0. The van der Waals surface area contributed by atoms with Crippen LogP contribution >= 0.6 is 39.1 Å². The van der Waals surface area contributed by atoms with Crippen molar-refractivity contribution in [2.24, 2.45) is 0 Å². The minimum absolute atomic E-state index is 0.0320. The van der Waals surface area contributed by atoms with Crippen LogP contribution in [0.1, 0.15) is 24.5 Å². The molecule has 4 rings (SSSR count). The second kappa shape index (κ2) is 15.6. The lowest BCUT2D eigenvalue weighted by Gasteiger charge is -2.34. The number of carbonyl (C=O) groups is 2. The van der Waals surface area contributed by atoms with Crippen LogP contribution in [0.25, 0.3) is 0 Å². The second-order valence-corrected chi connectivity index (χ2v) is 13.7. The molecule has 0 heterocycles. The second-order valence-electron chi connectivity index (χ2n) is 10.1. The molecular formula is C33H32BrCl2N3O4S. The zero-order chi connectivity index (χ0) is 31.7. The van der Waals surface area contributed by atoms with Crippen LogP contribution in [0.15, 0.2) is 112 Å². The standard InChI is InChI=1S/C33H32BrCl2N3O4S/c1-2-19-37-33(41)31(20-24-9-5-3-6-10-24)38(22-25-13-16-27(35)21-30(25)36)32(40)23-39(28-17-14-26(34)15-18-28)44(42,43)29-11-7-4-8-12-29/h3-18,21,31H,2,19-20,22-23H2,1H3,(H,37,41)/t31-/m1/s1. The van der Waals surface area contributed by atoms with Gasteiger partial charge in [0.05, 0.1) is 10.6 Å². The Bertz CT molecular complexity index is 1670. The van der Waals surface area contributed by atoms with Crippen LogP contribution in [0.5, 0.6) is 0 Å². The van der Waals surface area contributed by atoms with Crippen LogP contribution in [-0.2, 0) is 32.6 Å². The fourth-order valence-corrected chi connectivity index (χ4v) is 6.78. The molecule has 4 aromatic rings. The highest BCUT2D eigenvalue weighted by molar-refractivity contribution is 9.10. The highest BCUT2D eigenvalue weighted by atomic mass is 79.9. The lowest BCUT2D eigenvalue weighted by atomic mass is 10.0. The molecule has 0 unspecified atom stereocenters. The minimum Gasteiger partial charge on any atom is -0.354 e. The molecule has 0 saturated carbocycles. The van der Waals surface area contributed by atoms with Crippen LogP contribution in [0.2, 0.25) is 10.0 Å². The third-order valence-electron chi connectivity index (χ3n) is 6.90. The molecule has 2 amide bonds. The molecule has 0 radical (unpaired) electrons. The summed E-state index contributed by atoms with van der Waals surface area (Å²) in [7, 11) is -4.17. The minimum atomic E-state index is -4.17. The number of benzene rings is 4. The number of hydrogen-bond acceptors (Lipinski definition) is 4. The number of nitrogens with zero attached hydrogens (tertiary/aromatic N) is 2. The maximum Gasteiger partial charge on any atom is 0.264 e. The monoisotopic (exact) mass is 715 g/mol. The number of anilines is 1. The molecule has 0 saturated heterocycles. The van der Waals surface area contributed by atoms with Crippen molar-refractivity contribution in [3.05, 3.63) is 129 Å². The molecule has 0 aliphatic carbocycles.